The Morgan fingerprint density at radius 3 is 2.08 bits per heavy atom. The molecular formula is C24H22OSe. The standard InChI is InChI=1S/C24H22OSe/c25-24(15-8-3-9-16-24)17-14-21-18-22(19-10-4-1-5-11-19)26-23(21)20-12-6-2-7-13-20/h1-2,4-7,10-13,18,25H,3,8-9,15-16H2. The molecule has 130 valence electrons. The first-order chi connectivity index (χ1) is 12.7. The minimum atomic E-state index is -0.802. The Labute approximate surface area is 161 Å². The minimum absolute atomic E-state index is 0.224. The van der Waals surface area contributed by atoms with E-state index < -0.39 is 5.60 Å². The quantitative estimate of drug-likeness (QED) is 0.463. The summed E-state index contributed by atoms with van der Waals surface area (Å²) < 4.78 is 2.68. The number of benzene rings is 2. The van der Waals surface area contributed by atoms with Gasteiger partial charge in [0.1, 0.15) is 0 Å². The molecule has 0 amide bonds. The van der Waals surface area contributed by atoms with E-state index >= 15 is 0 Å². The fraction of sp³-hybridized carbons (Fsp3) is 0.250. The van der Waals surface area contributed by atoms with Crippen molar-refractivity contribution in [2.45, 2.75) is 37.7 Å². The van der Waals surface area contributed by atoms with Crippen molar-refractivity contribution in [1.82, 2.24) is 0 Å². The normalized spacial score (nSPS) is 15.9. The van der Waals surface area contributed by atoms with Gasteiger partial charge in [-0.1, -0.05) is 0 Å². The third-order valence-electron chi connectivity index (χ3n) is 4.94. The van der Waals surface area contributed by atoms with Gasteiger partial charge in [-0.25, -0.2) is 0 Å². The van der Waals surface area contributed by atoms with E-state index in [1.54, 1.807) is 0 Å². The van der Waals surface area contributed by atoms with Gasteiger partial charge in [-0.3, -0.25) is 0 Å². The molecule has 1 N–H and O–H groups in total. The summed E-state index contributed by atoms with van der Waals surface area (Å²) in [6, 6.07) is 23.3. The first kappa shape index (κ1) is 17.4. The summed E-state index contributed by atoms with van der Waals surface area (Å²) in [6.07, 6.45) is 4.96. The van der Waals surface area contributed by atoms with Crippen LogP contribution in [0, 0.1) is 11.8 Å². The van der Waals surface area contributed by atoms with Crippen LogP contribution in [0.1, 0.15) is 37.7 Å². The van der Waals surface area contributed by atoms with E-state index in [9.17, 15) is 5.11 Å². The molecule has 0 aliphatic heterocycles. The number of hydrogen-bond donors (Lipinski definition) is 1. The molecule has 0 spiro atoms. The summed E-state index contributed by atoms with van der Waals surface area (Å²) in [5, 5.41) is 10.8. The third-order valence-corrected chi connectivity index (χ3v) is 7.52. The fourth-order valence-corrected chi connectivity index (χ4v) is 5.84. The van der Waals surface area contributed by atoms with Gasteiger partial charge >= 0.3 is 161 Å². The zero-order chi connectivity index (χ0) is 17.8. The molecule has 2 aromatic carbocycles. The van der Waals surface area contributed by atoms with Crippen molar-refractivity contribution in [3.05, 3.63) is 72.3 Å². The molecule has 0 unspecified atom stereocenters. The second-order valence-corrected chi connectivity index (χ2v) is 9.14. The summed E-state index contributed by atoms with van der Waals surface area (Å²) in [6.45, 7) is 0. The van der Waals surface area contributed by atoms with Gasteiger partial charge in [0.25, 0.3) is 0 Å². The molecule has 0 radical (unpaired) electrons. The second-order valence-electron chi connectivity index (χ2n) is 6.93. The summed E-state index contributed by atoms with van der Waals surface area (Å²) in [7, 11) is 0. The molecular weight excluding hydrogens is 383 g/mol. The maximum absolute atomic E-state index is 10.8. The molecule has 3 aromatic rings. The van der Waals surface area contributed by atoms with Crippen LogP contribution < -0.4 is 0 Å². The van der Waals surface area contributed by atoms with E-state index in [-0.39, 0.29) is 14.5 Å². The van der Waals surface area contributed by atoms with Gasteiger partial charge in [0.15, 0.2) is 0 Å². The first-order valence-corrected chi connectivity index (χ1v) is 11.0. The Hall–Kier alpha value is -2.04. The van der Waals surface area contributed by atoms with Gasteiger partial charge in [-0.15, -0.1) is 0 Å². The third kappa shape index (κ3) is 3.86. The average molecular weight is 405 g/mol. The molecule has 2 heteroatoms. The van der Waals surface area contributed by atoms with Crippen LogP contribution in [0.4, 0.5) is 0 Å². The monoisotopic (exact) mass is 406 g/mol. The molecule has 26 heavy (non-hydrogen) atoms. The average Bonchev–Trinajstić information content (AvgIpc) is 3.13. The molecule has 0 saturated heterocycles. The van der Waals surface area contributed by atoms with E-state index in [4.69, 9.17) is 0 Å². The molecule has 1 heterocycles. The zero-order valence-electron chi connectivity index (χ0n) is 14.7. The van der Waals surface area contributed by atoms with Crippen molar-refractivity contribution < 1.29 is 5.11 Å². The van der Waals surface area contributed by atoms with Crippen LogP contribution in [0.2, 0.25) is 0 Å². The van der Waals surface area contributed by atoms with Crippen molar-refractivity contribution in [3.63, 3.8) is 0 Å². The van der Waals surface area contributed by atoms with E-state index in [1.165, 1.54) is 26.4 Å². The molecule has 1 aliphatic carbocycles. The topological polar surface area (TPSA) is 20.2 Å². The molecule has 1 fully saturated rings. The van der Waals surface area contributed by atoms with Crippen LogP contribution in [-0.4, -0.2) is 25.2 Å². The van der Waals surface area contributed by atoms with Gasteiger partial charge in [0.2, 0.25) is 0 Å². The Balaban J connectivity index is 1.76. The van der Waals surface area contributed by atoms with Crippen LogP contribution in [0.3, 0.4) is 0 Å². The van der Waals surface area contributed by atoms with Gasteiger partial charge < -0.3 is 0 Å². The van der Waals surface area contributed by atoms with Crippen molar-refractivity contribution in [1.29, 1.82) is 0 Å². The first-order valence-electron chi connectivity index (χ1n) is 9.24. The van der Waals surface area contributed by atoms with Crippen molar-refractivity contribution in [2.75, 3.05) is 0 Å². The van der Waals surface area contributed by atoms with Crippen LogP contribution in [0.5, 0.6) is 0 Å². The summed E-state index contributed by atoms with van der Waals surface area (Å²) in [5.41, 5.74) is 2.79. The maximum atomic E-state index is 10.8. The van der Waals surface area contributed by atoms with E-state index in [2.05, 4.69) is 72.5 Å². The van der Waals surface area contributed by atoms with Crippen molar-refractivity contribution in [3.8, 4) is 31.8 Å². The Morgan fingerprint density at radius 2 is 1.42 bits per heavy atom. The van der Waals surface area contributed by atoms with E-state index in [1.807, 2.05) is 6.07 Å². The van der Waals surface area contributed by atoms with E-state index in [0.717, 1.165) is 31.2 Å². The zero-order valence-corrected chi connectivity index (χ0v) is 16.5. The predicted octanol–water partition coefficient (Wildman–Crippen LogP) is 5.12. The Bertz CT molecular complexity index is 923. The summed E-state index contributed by atoms with van der Waals surface area (Å²) in [5.74, 6) is 6.58. The van der Waals surface area contributed by atoms with Crippen LogP contribution in [-0.2, 0) is 0 Å². The van der Waals surface area contributed by atoms with Crippen LogP contribution >= 0.6 is 0 Å². The molecule has 1 nitrogen and oxygen atoms in total. The second kappa shape index (κ2) is 7.68. The molecule has 4 rings (SSSR count). The molecule has 1 saturated carbocycles. The Kier molecular flexibility index (Phi) is 5.14. The number of aliphatic hydroxyl groups is 1. The SMILES string of the molecule is OC1(C#Cc2cc(-c3ccccc3)[se]c2-c2ccccc2)CCCCC1. The molecule has 1 aliphatic rings. The van der Waals surface area contributed by atoms with E-state index in [0.29, 0.717) is 0 Å². The van der Waals surface area contributed by atoms with Crippen LogP contribution in [0.25, 0.3) is 20.0 Å². The number of rotatable bonds is 2. The number of hydrogen-bond acceptors (Lipinski definition) is 1. The molecule has 0 atom stereocenters. The van der Waals surface area contributed by atoms with Gasteiger partial charge in [0, 0.05) is 0 Å². The summed E-state index contributed by atoms with van der Waals surface area (Å²) in [4.78, 5) is 0. The molecule has 1 aromatic heterocycles. The fourth-order valence-electron chi connectivity index (χ4n) is 3.48. The van der Waals surface area contributed by atoms with Crippen molar-refractivity contribution in [2.24, 2.45) is 0 Å². The van der Waals surface area contributed by atoms with Crippen molar-refractivity contribution >= 4 is 14.5 Å². The molecule has 0 bridgehead atoms. The van der Waals surface area contributed by atoms with Gasteiger partial charge in [-0.05, 0) is 0 Å². The predicted molar refractivity (Wildman–Crippen MR) is 109 cm³/mol. The Morgan fingerprint density at radius 1 is 0.808 bits per heavy atom. The van der Waals surface area contributed by atoms with Gasteiger partial charge in [-0.2, -0.15) is 0 Å². The summed E-state index contributed by atoms with van der Waals surface area (Å²) >= 11 is 0.224. The van der Waals surface area contributed by atoms with Gasteiger partial charge in [0.05, 0.1) is 0 Å². The van der Waals surface area contributed by atoms with Crippen LogP contribution in [0.15, 0.2) is 66.7 Å².